The zero-order valence-electron chi connectivity index (χ0n) is 13.5. The van der Waals surface area contributed by atoms with Crippen LogP contribution in [0.3, 0.4) is 0 Å². The molecule has 9 heteroatoms. The number of nitrogen functional groups attached to an aromatic ring is 2. The van der Waals surface area contributed by atoms with Crippen LogP contribution in [0.5, 0.6) is 0 Å². The van der Waals surface area contributed by atoms with Gasteiger partial charge in [-0.1, -0.05) is 38.3 Å². The minimum absolute atomic E-state index is 0.0195. The number of aromatic nitrogens is 2. The predicted molar refractivity (Wildman–Crippen MR) is 92.4 cm³/mol. The SMILES string of the molecule is CCCCN(CCCC)C(=N)NC(=O)c1nc(Cl)c(N)nc1N. The maximum atomic E-state index is 12.2. The van der Waals surface area contributed by atoms with Crippen LogP contribution >= 0.6 is 11.6 Å². The van der Waals surface area contributed by atoms with Crippen LogP contribution in [0, 0.1) is 5.41 Å². The number of carbonyl (C=O) groups excluding carboxylic acids is 1. The summed E-state index contributed by atoms with van der Waals surface area (Å²) in [6, 6.07) is 0. The molecule has 0 bridgehead atoms. The summed E-state index contributed by atoms with van der Waals surface area (Å²) < 4.78 is 0. The van der Waals surface area contributed by atoms with E-state index < -0.39 is 5.91 Å². The van der Waals surface area contributed by atoms with Crippen LogP contribution in [0.4, 0.5) is 11.6 Å². The number of anilines is 2. The van der Waals surface area contributed by atoms with Crippen molar-refractivity contribution in [3.63, 3.8) is 0 Å². The van der Waals surface area contributed by atoms with E-state index in [9.17, 15) is 4.79 Å². The largest absolute Gasteiger partial charge is 0.382 e. The topological polar surface area (TPSA) is 134 Å². The van der Waals surface area contributed by atoms with Gasteiger partial charge >= 0.3 is 0 Å². The third-order valence-electron chi connectivity index (χ3n) is 3.23. The highest BCUT2D eigenvalue weighted by molar-refractivity contribution is 6.31. The molecule has 0 saturated carbocycles. The van der Waals surface area contributed by atoms with Crippen LogP contribution < -0.4 is 16.8 Å². The Kier molecular flexibility index (Phi) is 7.53. The molecular weight excluding hydrogens is 318 g/mol. The Labute approximate surface area is 141 Å². The molecule has 0 atom stereocenters. The number of rotatable bonds is 7. The van der Waals surface area contributed by atoms with Crippen molar-refractivity contribution in [1.29, 1.82) is 5.41 Å². The van der Waals surface area contributed by atoms with Crippen molar-refractivity contribution in [2.24, 2.45) is 0 Å². The highest BCUT2D eigenvalue weighted by Crippen LogP contribution is 2.17. The van der Waals surface area contributed by atoms with Crippen molar-refractivity contribution >= 4 is 35.1 Å². The number of guanidine groups is 1. The van der Waals surface area contributed by atoms with Crippen molar-refractivity contribution < 1.29 is 4.79 Å². The zero-order valence-corrected chi connectivity index (χ0v) is 14.3. The quantitative estimate of drug-likeness (QED) is 0.441. The van der Waals surface area contributed by atoms with Gasteiger partial charge < -0.3 is 16.4 Å². The Hall–Kier alpha value is -2.09. The van der Waals surface area contributed by atoms with E-state index in [0.717, 1.165) is 25.7 Å². The number of unbranched alkanes of at least 4 members (excludes halogenated alkanes) is 2. The second-order valence-electron chi connectivity index (χ2n) is 5.13. The molecule has 1 heterocycles. The average Bonchev–Trinajstić information content (AvgIpc) is 2.50. The minimum Gasteiger partial charge on any atom is -0.382 e. The first-order valence-corrected chi connectivity index (χ1v) is 8.01. The molecule has 6 N–H and O–H groups in total. The number of nitrogens with zero attached hydrogens (tertiary/aromatic N) is 3. The fourth-order valence-corrected chi connectivity index (χ4v) is 2.01. The van der Waals surface area contributed by atoms with Gasteiger partial charge in [0.05, 0.1) is 0 Å². The summed E-state index contributed by atoms with van der Waals surface area (Å²) in [7, 11) is 0. The highest BCUT2D eigenvalue weighted by atomic mass is 35.5. The maximum absolute atomic E-state index is 12.2. The lowest BCUT2D eigenvalue weighted by molar-refractivity contribution is 0.0967. The molecule has 0 aliphatic heterocycles. The van der Waals surface area contributed by atoms with Gasteiger partial charge in [0, 0.05) is 13.1 Å². The van der Waals surface area contributed by atoms with Crippen LogP contribution in [0.25, 0.3) is 0 Å². The molecular formula is C14H24ClN7O. The van der Waals surface area contributed by atoms with Gasteiger partial charge in [0.2, 0.25) is 0 Å². The molecule has 0 aliphatic rings. The molecule has 8 nitrogen and oxygen atoms in total. The molecule has 1 aromatic heterocycles. The smallest absolute Gasteiger partial charge is 0.280 e. The maximum Gasteiger partial charge on any atom is 0.280 e. The molecule has 1 aromatic rings. The summed E-state index contributed by atoms with van der Waals surface area (Å²) in [5.41, 5.74) is 11.0. The first kappa shape index (κ1) is 19.0. The molecule has 0 aliphatic carbocycles. The standard InChI is InChI=1S/C14H24ClN7O/c1-3-5-7-22(8-6-4-2)14(18)21-13(23)9-11(16)20-12(17)10(15)19-9/h3-8H2,1-2H3,(H4,16,17,20)(H2,18,21,23). The van der Waals surface area contributed by atoms with E-state index in [4.69, 9.17) is 28.5 Å². The third-order valence-corrected chi connectivity index (χ3v) is 3.51. The van der Waals surface area contributed by atoms with Crippen molar-refractivity contribution in [3.05, 3.63) is 10.8 Å². The lowest BCUT2D eigenvalue weighted by Crippen LogP contribution is -2.44. The summed E-state index contributed by atoms with van der Waals surface area (Å²) in [6.07, 6.45) is 3.90. The van der Waals surface area contributed by atoms with Gasteiger partial charge in [0.25, 0.3) is 5.91 Å². The first-order chi connectivity index (χ1) is 10.9. The monoisotopic (exact) mass is 341 g/mol. The summed E-state index contributed by atoms with van der Waals surface area (Å²) in [5, 5.41) is 10.5. The Balaban J connectivity index is 2.80. The number of amides is 1. The molecule has 0 spiro atoms. The van der Waals surface area contributed by atoms with E-state index >= 15 is 0 Å². The summed E-state index contributed by atoms with van der Waals surface area (Å²) in [5.74, 6) is -0.764. The fourth-order valence-electron chi connectivity index (χ4n) is 1.89. The van der Waals surface area contributed by atoms with Gasteiger partial charge in [-0.25, -0.2) is 9.97 Å². The number of hydrogen-bond acceptors (Lipinski definition) is 6. The van der Waals surface area contributed by atoms with Crippen molar-refractivity contribution in [3.8, 4) is 0 Å². The van der Waals surface area contributed by atoms with E-state index in [2.05, 4.69) is 29.1 Å². The van der Waals surface area contributed by atoms with Crippen LogP contribution in [0.1, 0.15) is 50.0 Å². The molecule has 128 valence electrons. The van der Waals surface area contributed by atoms with Gasteiger partial charge in [-0.3, -0.25) is 15.5 Å². The second kappa shape index (κ2) is 9.14. The second-order valence-corrected chi connectivity index (χ2v) is 5.49. The molecule has 0 unspecified atom stereocenters. The Bertz CT molecular complexity index is 556. The molecule has 0 saturated heterocycles. The Morgan fingerprint density at radius 2 is 1.74 bits per heavy atom. The molecule has 1 amide bonds. The number of nitrogens with two attached hydrogens (primary N) is 2. The van der Waals surface area contributed by atoms with Crippen molar-refractivity contribution in [2.75, 3.05) is 24.6 Å². The van der Waals surface area contributed by atoms with E-state index in [0.29, 0.717) is 13.1 Å². The highest BCUT2D eigenvalue weighted by Gasteiger charge is 2.19. The molecule has 0 radical (unpaired) electrons. The Morgan fingerprint density at radius 3 is 2.26 bits per heavy atom. The van der Waals surface area contributed by atoms with E-state index in [-0.39, 0.29) is 28.4 Å². The summed E-state index contributed by atoms with van der Waals surface area (Å²) in [4.78, 5) is 21.7. The van der Waals surface area contributed by atoms with E-state index in [1.165, 1.54) is 0 Å². The van der Waals surface area contributed by atoms with E-state index in [1.54, 1.807) is 0 Å². The number of hydrogen-bond donors (Lipinski definition) is 4. The number of nitrogens with one attached hydrogen (secondary N) is 2. The number of halogens is 1. The normalized spacial score (nSPS) is 10.4. The van der Waals surface area contributed by atoms with Crippen LogP contribution in [-0.4, -0.2) is 39.8 Å². The van der Waals surface area contributed by atoms with Gasteiger partial charge in [-0.15, -0.1) is 0 Å². The summed E-state index contributed by atoms with van der Waals surface area (Å²) in [6.45, 7) is 5.57. The van der Waals surface area contributed by atoms with Crippen LogP contribution in [-0.2, 0) is 0 Å². The van der Waals surface area contributed by atoms with Gasteiger partial charge in [0.15, 0.2) is 28.4 Å². The van der Waals surface area contributed by atoms with Crippen molar-refractivity contribution in [1.82, 2.24) is 20.2 Å². The number of carbonyl (C=O) groups is 1. The minimum atomic E-state index is -0.625. The fraction of sp³-hybridized carbons (Fsp3) is 0.571. The molecule has 23 heavy (non-hydrogen) atoms. The lowest BCUT2D eigenvalue weighted by atomic mass is 10.2. The van der Waals surface area contributed by atoms with Crippen molar-refractivity contribution in [2.45, 2.75) is 39.5 Å². The zero-order chi connectivity index (χ0) is 17.4. The average molecular weight is 342 g/mol. The van der Waals surface area contributed by atoms with E-state index in [1.807, 2.05) is 4.90 Å². The van der Waals surface area contributed by atoms with Crippen LogP contribution in [0.2, 0.25) is 5.15 Å². The Morgan fingerprint density at radius 1 is 1.17 bits per heavy atom. The predicted octanol–water partition coefficient (Wildman–Crippen LogP) is 1.86. The molecule has 1 rings (SSSR count). The van der Waals surface area contributed by atoms with Gasteiger partial charge in [-0.2, -0.15) is 0 Å². The lowest BCUT2D eigenvalue weighted by Gasteiger charge is -2.25. The molecule has 0 aromatic carbocycles. The summed E-state index contributed by atoms with van der Waals surface area (Å²) >= 11 is 5.77. The first-order valence-electron chi connectivity index (χ1n) is 7.64. The van der Waals surface area contributed by atoms with Crippen LogP contribution in [0.15, 0.2) is 0 Å². The molecule has 0 fully saturated rings. The van der Waals surface area contributed by atoms with Gasteiger partial charge in [0.1, 0.15) is 0 Å². The van der Waals surface area contributed by atoms with Gasteiger partial charge in [-0.05, 0) is 12.8 Å². The third kappa shape index (κ3) is 5.55.